The lowest BCUT2D eigenvalue weighted by atomic mass is 9.47. The summed E-state index contributed by atoms with van der Waals surface area (Å²) in [5, 5.41) is 0. The van der Waals surface area contributed by atoms with Crippen LogP contribution in [-0.2, 0) is 21.4 Å². The largest absolute Gasteiger partial charge is 0.497 e. The molecular formula is C34H28N2O3. The van der Waals surface area contributed by atoms with Gasteiger partial charge in [-0.2, -0.15) is 0 Å². The number of benzene rings is 4. The Morgan fingerprint density at radius 1 is 0.821 bits per heavy atom. The molecule has 2 amide bonds. The first-order valence-corrected chi connectivity index (χ1v) is 13.4. The monoisotopic (exact) mass is 512 g/mol. The van der Waals surface area contributed by atoms with Crippen LogP contribution in [0.1, 0.15) is 40.7 Å². The van der Waals surface area contributed by atoms with Crippen LogP contribution in [0.15, 0.2) is 102 Å². The summed E-state index contributed by atoms with van der Waals surface area (Å²) in [6.45, 7) is 2.13. The average molecular weight is 513 g/mol. The molecule has 8 rings (SSSR count). The van der Waals surface area contributed by atoms with Gasteiger partial charge in [-0.05, 0) is 70.6 Å². The van der Waals surface area contributed by atoms with Crippen molar-refractivity contribution < 1.29 is 14.3 Å². The van der Waals surface area contributed by atoms with Crippen molar-refractivity contribution in [2.75, 3.05) is 12.0 Å². The maximum atomic E-state index is 14.4. The predicted molar refractivity (Wildman–Crippen MR) is 152 cm³/mol. The fraction of sp³-hybridized carbons (Fsp3) is 0.206. The lowest BCUT2D eigenvalue weighted by molar-refractivity contribution is -0.122. The van der Waals surface area contributed by atoms with Gasteiger partial charge in [-0.15, -0.1) is 0 Å². The number of aryl methyl sites for hydroxylation is 1. The van der Waals surface area contributed by atoms with Gasteiger partial charge in [0.25, 0.3) is 0 Å². The summed E-state index contributed by atoms with van der Waals surface area (Å²) in [5.41, 5.74) is 6.07. The summed E-state index contributed by atoms with van der Waals surface area (Å²) in [4.78, 5) is 35.0. The molecule has 0 aromatic heterocycles. The van der Waals surface area contributed by atoms with E-state index in [1.807, 2.05) is 42.6 Å². The second-order valence-corrected chi connectivity index (χ2v) is 10.5. The minimum atomic E-state index is -0.871. The number of rotatable bonds is 5. The molecule has 4 aliphatic rings. The van der Waals surface area contributed by atoms with Crippen LogP contribution in [0.3, 0.4) is 0 Å². The van der Waals surface area contributed by atoms with Gasteiger partial charge in [0.05, 0.1) is 35.7 Å². The normalized spacial score (nSPS) is 24.6. The Morgan fingerprint density at radius 3 is 2.03 bits per heavy atom. The zero-order valence-corrected chi connectivity index (χ0v) is 21.9. The SMILES string of the molecule is CCc1ccc(N=CC23c4ccccc4C(c4ccccc42)[C@@H]2C(=O)N(c4ccc(OC)cc4)C(=O)[C@H]23)cc1. The maximum Gasteiger partial charge on any atom is 0.239 e. The third kappa shape index (κ3) is 3.22. The van der Waals surface area contributed by atoms with E-state index in [-0.39, 0.29) is 17.7 Å². The molecule has 2 bridgehead atoms. The van der Waals surface area contributed by atoms with E-state index in [9.17, 15) is 9.59 Å². The predicted octanol–water partition coefficient (Wildman–Crippen LogP) is 6.21. The molecule has 1 aliphatic heterocycles. The Hall–Kier alpha value is -4.51. The first kappa shape index (κ1) is 23.6. The highest BCUT2D eigenvalue weighted by atomic mass is 16.5. The molecule has 5 heteroatoms. The number of aliphatic imine (C=N–C) groups is 1. The Kier molecular flexibility index (Phi) is 5.31. The zero-order chi connectivity index (χ0) is 26.7. The van der Waals surface area contributed by atoms with E-state index in [2.05, 4.69) is 43.3 Å². The van der Waals surface area contributed by atoms with E-state index in [4.69, 9.17) is 9.73 Å². The molecule has 4 aromatic rings. The van der Waals surface area contributed by atoms with Crippen LogP contribution < -0.4 is 9.64 Å². The van der Waals surface area contributed by atoms with E-state index in [1.54, 1.807) is 31.4 Å². The van der Waals surface area contributed by atoms with E-state index >= 15 is 0 Å². The molecule has 2 atom stereocenters. The molecule has 1 heterocycles. The van der Waals surface area contributed by atoms with Crippen LogP contribution in [0, 0.1) is 11.8 Å². The van der Waals surface area contributed by atoms with Gasteiger partial charge in [0.2, 0.25) is 11.8 Å². The molecule has 3 aliphatic carbocycles. The summed E-state index contributed by atoms with van der Waals surface area (Å²) in [6, 6.07) is 31.8. The smallest absolute Gasteiger partial charge is 0.239 e. The third-order valence-corrected chi connectivity index (χ3v) is 8.78. The van der Waals surface area contributed by atoms with Crippen molar-refractivity contribution in [1.82, 2.24) is 0 Å². The van der Waals surface area contributed by atoms with Crippen molar-refractivity contribution in [3.63, 3.8) is 0 Å². The second kappa shape index (κ2) is 8.77. The lowest BCUT2D eigenvalue weighted by Gasteiger charge is -2.52. The first-order chi connectivity index (χ1) is 19.1. The number of nitrogens with zero attached hydrogens (tertiary/aromatic N) is 2. The minimum Gasteiger partial charge on any atom is -0.497 e. The van der Waals surface area contributed by atoms with Crippen LogP contribution >= 0.6 is 0 Å². The van der Waals surface area contributed by atoms with Gasteiger partial charge in [0.15, 0.2) is 0 Å². The summed E-state index contributed by atoms with van der Waals surface area (Å²) in [7, 11) is 1.60. The molecule has 0 spiro atoms. The van der Waals surface area contributed by atoms with Crippen molar-refractivity contribution in [3.8, 4) is 5.75 Å². The number of anilines is 1. The number of carbonyl (C=O) groups is 2. The van der Waals surface area contributed by atoms with Crippen molar-refractivity contribution in [2.45, 2.75) is 24.7 Å². The molecule has 0 radical (unpaired) electrons. The van der Waals surface area contributed by atoms with Gasteiger partial charge in [-0.3, -0.25) is 14.6 Å². The molecule has 192 valence electrons. The zero-order valence-electron chi connectivity index (χ0n) is 21.9. The van der Waals surface area contributed by atoms with Crippen molar-refractivity contribution >= 4 is 29.4 Å². The van der Waals surface area contributed by atoms with Crippen LogP contribution in [0.25, 0.3) is 0 Å². The summed E-state index contributed by atoms with van der Waals surface area (Å²) in [5.74, 6) is -0.973. The minimum absolute atomic E-state index is 0.158. The highest BCUT2D eigenvalue weighted by Gasteiger charge is 2.67. The number of hydrogen-bond acceptors (Lipinski definition) is 4. The van der Waals surface area contributed by atoms with Gasteiger partial charge < -0.3 is 4.74 Å². The molecular weight excluding hydrogens is 484 g/mol. The molecule has 5 nitrogen and oxygen atoms in total. The summed E-state index contributed by atoms with van der Waals surface area (Å²) >= 11 is 0. The maximum absolute atomic E-state index is 14.4. The Balaban J connectivity index is 1.45. The molecule has 4 aromatic carbocycles. The Morgan fingerprint density at radius 2 is 1.44 bits per heavy atom. The molecule has 0 N–H and O–H groups in total. The highest BCUT2D eigenvalue weighted by molar-refractivity contribution is 6.25. The van der Waals surface area contributed by atoms with Crippen LogP contribution in [0.5, 0.6) is 5.75 Å². The Labute approximate surface area is 227 Å². The average Bonchev–Trinajstić information content (AvgIpc) is 3.27. The fourth-order valence-corrected chi connectivity index (χ4v) is 7.03. The number of hydrogen-bond donors (Lipinski definition) is 0. The highest BCUT2D eigenvalue weighted by Crippen LogP contribution is 2.63. The van der Waals surface area contributed by atoms with Gasteiger partial charge in [-0.1, -0.05) is 67.6 Å². The number of carbonyl (C=O) groups excluding carboxylic acids is 2. The van der Waals surface area contributed by atoms with Crippen molar-refractivity contribution in [2.24, 2.45) is 16.8 Å². The quantitative estimate of drug-likeness (QED) is 0.236. The molecule has 0 saturated carbocycles. The number of imide groups is 1. The summed E-state index contributed by atoms with van der Waals surface area (Å²) < 4.78 is 5.31. The third-order valence-electron chi connectivity index (χ3n) is 8.78. The number of methoxy groups -OCH3 is 1. The second-order valence-electron chi connectivity index (χ2n) is 10.5. The van der Waals surface area contributed by atoms with E-state index < -0.39 is 17.3 Å². The standard InChI is InChI=1S/C34H28N2O3/c1-3-21-12-14-22(15-13-21)35-20-34-27-10-6-4-8-25(27)29(26-9-5-7-11-28(26)34)30-31(34)33(38)36(32(30)37)23-16-18-24(39-2)19-17-23/h4-20,29-31H,3H2,1-2H3/t29?,30-,31-,34?/m0/s1. The van der Waals surface area contributed by atoms with Gasteiger partial charge in [0.1, 0.15) is 5.75 Å². The van der Waals surface area contributed by atoms with Crippen LogP contribution in [0.4, 0.5) is 11.4 Å². The van der Waals surface area contributed by atoms with E-state index in [0.717, 1.165) is 34.4 Å². The molecule has 39 heavy (non-hydrogen) atoms. The Bertz CT molecular complexity index is 1590. The summed E-state index contributed by atoms with van der Waals surface area (Å²) in [6.07, 6.45) is 2.90. The molecule has 0 unspecified atom stereocenters. The van der Waals surface area contributed by atoms with Crippen LogP contribution in [-0.4, -0.2) is 25.1 Å². The lowest BCUT2D eigenvalue weighted by Crippen LogP contribution is -2.54. The van der Waals surface area contributed by atoms with Gasteiger partial charge in [-0.25, -0.2) is 4.90 Å². The molecule has 1 fully saturated rings. The van der Waals surface area contributed by atoms with Crippen LogP contribution in [0.2, 0.25) is 0 Å². The topological polar surface area (TPSA) is 59.0 Å². The van der Waals surface area contributed by atoms with Crippen molar-refractivity contribution in [1.29, 1.82) is 0 Å². The number of amides is 2. The number of ether oxygens (including phenoxy) is 1. The van der Waals surface area contributed by atoms with E-state index in [0.29, 0.717) is 11.4 Å². The first-order valence-electron chi connectivity index (χ1n) is 13.4. The fourth-order valence-electron chi connectivity index (χ4n) is 7.03. The van der Waals surface area contributed by atoms with Gasteiger partial charge in [0, 0.05) is 12.1 Å². The van der Waals surface area contributed by atoms with Crippen molar-refractivity contribution in [3.05, 3.63) is 125 Å². The van der Waals surface area contributed by atoms with E-state index in [1.165, 1.54) is 10.5 Å². The van der Waals surface area contributed by atoms with Gasteiger partial charge >= 0.3 is 0 Å². The molecule has 1 saturated heterocycles.